The lowest BCUT2D eigenvalue weighted by molar-refractivity contribution is -0.135. The third-order valence-corrected chi connectivity index (χ3v) is 7.42. The molecule has 0 bridgehead atoms. The molecule has 2 aromatic carbocycles. The first-order valence-electron chi connectivity index (χ1n) is 11.5. The van der Waals surface area contributed by atoms with E-state index in [2.05, 4.69) is 34.3 Å². The average molecular weight is 428 g/mol. The van der Waals surface area contributed by atoms with Crippen molar-refractivity contribution < 1.29 is 4.79 Å². The number of aryl methyl sites for hydroxylation is 1. The van der Waals surface area contributed by atoms with Gasteiger partial charge in [-0.25, -0.2) is 0 Å². The summed E-state index contributed by atoms with van der Waals surface area (Å²) in [6, 6.07) is 16.8. The van der Waals surface area contributed by atoms with Crippen LogP contribution in [0.3, 0.4) is 0 Å². The van der Waals surface area contributed by atoms with Crippen LogP contribution in [0.25, 0.3) is 10.9 Å². The summed E-state index contributed by atoms with van der Waals surface area (Å²) in [6.07, 6.45) is 5.56. The highest BCUT2D eigenvalue weighted by molar-refractivity contribution is 5.81. The minimum Gasteiger partial charge on any atom is -0.341 e. The van der Waals surface area contributed by atoms with E-state index in [0.717, 1.165) is 43.1 Å². The van der Waals surface area contributed by atoms with E-state index in [1.165, 1.54) is 11.1 Å². The van der Waals surface area contributed by atoms with Gasteiger partial charge in [-0.15, -0.1) is 0 Å². The molecule has 1 amide bonds. The fourth-order valence-electron chi connectivity index (χ4n) is 5.50. The summed E-state index contributed by atoms with van der Waals surface area (Å²) in [6.45, 7) is 1.43. The second-order valence-corrected chi connectivity index (χ2v) is 9.39. The molecule has 5 rings (SSSR count). The molecule has 1 saturated carbocycles. The molecule has 2 heterocycles. The molecule has 6 nitrogen and oxygen atoms in total. The molecule has 1 aliphatic carbocycles. The molecule has 3 aromatic rings. The highest BCUT2D eigenvalue weighted by Crippen LogP contribution is 2.41. The minimum atomic E-state index is 0.0935. The van der Waals surface area contributed by atoms with E-state index in [4.69, 9.17) is 5.73 Å². The van der Waals surface area contributed by atoms with Crippen molar-refractivity contribution >= 4 is 16.8 Å². The second kappa shape index (κ2) is 8.40. The standard InChI is InChI=1S/C26H29N5O/c1-30-25-11-8-20(12-21(25)14-29-30)24-16-31(26(32)19-6-9-22(28)10-7-19)15-23(24)18-4-2-17(13-27)3-5-18/h2-5,8,11-12,14,19,22-24H,6-7,9-10,15-16,28H2,1H3/t19?,22?,23-,24-/m0/s1. The molecule has 2 aliphatic rings. The number of hydrogen-bond donors (Lipinski definition) is 1. The van der Waals surface area contributed by atoms with E-state index in [1.807, 2.05) is 42.2 Å². The Morgan fingerprint density at radius 1 is 1.03 bits per heavy atom. The van der Waals surface area contributed by atoms with Crippen molar-refractivity contribution in [3.63, 3.8) is 0 Å². The Morgan fingerprint density at radius 2 is 1.69 bits per heavy atom. The molecule has 2 atom stereocenters. The number of carbonyl (C=O) groups is 1. The molecule has 32 heavy (non-hydrogen) atoms. The summed E-state index contributed by atoms with van der Waals surface area (Å²) in [7, 11) is 1.95. The molecule has 1 saturated heterocycles. The van der Waals surface area contributed by atoms with Crippen LogP contribution >= 0.6 is 0 Å². The third kappa shape index (κ3) is 3.78. The Labute approximate surface area is 188 Å². The summed E-state index contributed by atoms with van der Waals surface area (Å²) in [4.78, 5) is 15.5. The number of likely N-dealkylation sites (tertiary alicyclic amines) is 1. The van der Waals surface area contributed by atoms with Gasteiger partial charge in [0.25, 0.3) is 0 Å². The monoisotopic (exact) mass is 427 g/mol. The normalized spacial score (nSPS) is 25.7. The van der Waals surface area contributed by atoms with Gasteiger partial charge < -0.3 is 10.6 Å². The van der Waals surface area contributed by atoms with Gasteiger partial charge in [0.2, 0.25) is 5.91 Å². The van der Waals surface area contributed by atoms with Gasteiger partial charge in [0.1, 0.15) is 0 Å². The number of carbonyl (C=O) groups excluding carboxylic acids is 1. The van der Waals surface area contributed by atoms with Crippen LogP contribution in [0.2, 0.25) is 0 Å². The zero-order valence-corrected chi connectivity index (χ0v) is 18.4. The molecule has 1 aliphatic heterocycles. The van der Waals surface area contributed by atoms with Crippen molar-refractivity contribution in [3.05, 3.63) is 65.4 Å². The number of nitrogens with zero attached hydrogens (tertiary/aromatic N) is 4. The van der Waals surface area contributed by atoms with Gasteiger partial charge in [-0.05, 0) is 61.1 Å². The van der Waals surface area contributed by atoms with Crippen molar-refractivity contribution in [2.75, 3.05) is 13.1 Å². The van der Waals surface area contributed by atoms with E-state index < -0.39 is 0 Å². The van der Waals surface area contributed by atoms with Crippen LogP contribution in [0.1, 0.15) is 54.2 Å². The van der Waals surface area contributed by atoms with Gasteiger partial charge in [-0.2, -0.15) is 10.4 Å². The van der Waals surface area contributed by atoms with Gasteiger partial charge in [0.15, 0.2) is 0 Å². The van der Waals surface area contributed by atoms with Crippen LogP contribution in [0, 0.1) is 17.2 Å². The zero-order chi connectivity index (χ0) is 22.2. The highest BCUT2D eigenvalue weighted by Gasteiger charge is 2.39. The molecule has 164 valence electrons. The van der Waals surface area contributed by atoms with Gasteiger partial charge in [-0.3, -0.25) is 9.48 Å². The average Bonchev–Trinajstić information content (AvgIpc) is 3.43. The first kappa shape index (κ1) is 20.7. The SMILES string of the molecule is Cn1ncc2cc([C@@H]3CN(C(=O)C4CCC(N)CC4)C[C@H]3c3ccc(C#N)cc3)ccc21. The maximum Gasteiger partial charge on any atom is 0.225 e. The van der Waals surface area contributed by atoms with E-state index in [1.54, 1.807) is 0 Å². The zero-order valence-electron chi connectivity index (χ0n) is 18.4. The Balaban J connectivity index is 1.46. The van der Waals surface area contributed by atoms with E-state index in [-0.39, 0.29) is 29.7 Å². The Bertz CT molecular complexity index is 1170. The fourth-order valence-corrected chi connectivity index (χ4v) is 5.50. The first-order valence-corrected chi connectivity index (χ1v) is 11.5. The number of nitrogens with two attached hydrogens (primary N) is 1. The Kier molecular flexibility index (Phi) is 5.44. The smallest absolute Gasteiger partial charge is 0.225 e. The van der Waals surface area contributed by atoms with Crippen LogP contribution in [-0.4, -0.2) is 39.7 Å². The second-order valence-electron chi connectivity index (χ2n) is 9.39. The van der Waals surface area contributed by atoms with Crippen LogP contribution < -0.4 is 5.73 Å². The van der Waals surface area contributed by atoms with Crippen LogP contribution in [-0.2, 0) is 11.8 Å². The number of hydrogen-bond acceptors (Lipinski definition) is 4. The maximum atomic E-state index is 13.4. The van der Waals surface area contributed by atoms with E-state index in [9.17, 15) is 10.1 Å². The van der Waals surface area contributed by atoms with Crippen LogP contribution in [0.5, 0.6) is 0 Å². The summed E-state index contributed by atoms with van der Waals surface area (Å²) < 4.78 is 1.88. The molecule has 1 aromatic heterocycles. The summed E-state index contributed by atoms with van der Waals surface area (Å²) in [5.41, 5.74) is 10.2. The predicted molar refractivity (Wildman–Crippen MR) is 124 cm³/mol. The predicted octanol–water partition coefficient (Wildman–Crippen LogP) is 3.67. The van der Waals surface area contributed by atoms with Crippen molar-refractivity contribution in [1.82, 2.24) is 14.7 Å². The Hall–Kier alpha value is -3.17. The lowest BCUT2D eigenvalue weighted by atomic mass is 9.83. The number of aromatic nitrogens is 2. The molecule has 0 spiro atoms. The quantitative estimate of drug-likeness (QED) is 0.691. The third-order valence-electron chi connectivity index (χ3n) is 7.42. The number of fused-ring (bicyclic) bond motifs is 1. The lowest BCUT2D eigenvalue weighted by Crippen LogP contribution is -2.38. The van der Waals surface area contributed by atoms with Crippen molar-refractivity contribution in [2.24, 2.45) is 18.7 Å². The lowest BCUT2D eigenvalue weighted by Gasteiger charge is -2.29. The minimum absolute atomic E-state index is 0.0935. The molecular formula is C26H29N5O. The van der Waals surface area contributed by atoms with Gasteiger partial charge in [0.05, 0.1) is 23.3 Å². The molecular weight excluding hydrogens is 398 g/mol. The summed E-state index contributed by atoms with van der Waals surface area (Å²) in [5.74, 6) is 0.783. The van der Waals surface area contributed by atoms with Crippen molar-refractivity contribution in [1.29, 1.82) is 5.26 Å². The van der Waals surface area contributed by atoms with E-state index >= 15 is 0 Å². The number of nitriles is 1. The first-order chi connectivity index (χ1) is 15.5. The maximum absolute atomic E-state index is 13.4. The Morgan fingerprint density at radius 3 is 2.38 bits per heavy atom. The summed E-state index contributed by atoms with van der Waals surface area (Å²) in [5, 5.41) is 14.7. The van der Waals surface area contributed by atoms with Gasteiger partial charge in [-0.1, -0.05) is 18.2 Å². The largest absolute Gasteiger partial charge is 0.341 e. The fraction of sp³-hybridized carbons (Fsp3) is 0.423. The molecule has 2 fully saturated rings. The van der Waals surface area contributed by atoms with Crippen molar-refractivity contribution in [2.45, 2.75) is 43.6 Å². The number of benzene rings is 2. The highest BCUT2D eigenvalue weighted by atomic mass is 16.2. The number of rotatable bonds is 3. The molecule has 0 radical (unpaired) electrons. The van der Waals surface area contributed by atoms with Gasteiger partial charge in [0, 0.05) is 49.3 Å². The molecule has 0 unspecified atom stereocenters. The van der Waals surface area contributed by atoms with E-state index in [0.29, 0.717) is 12.1 Å². The van der Waals surface area contributed by atoms with Crippen LogP contribution in [0.15, 0.2) is 48.7 Å². The van der Waals surface area contributed by atoms with Crippen molar-refractivity contribution in [3.8, 4) is 6.07 Å². The summed E-state index contributed by atoms with van der Waals surface area (Å²) >= 11 is 0. The number of amides is 1. The molecule has 2 N–H and O–H groups in total. The van der Waals surface area contributed by atoms with Gasteiger partial charge >= 0.3 is 0 Å². The van der Waals surface area contributed by atoms with Crippen LogP contribution in [0.4, 0.5) is 0 Å². The molecule has 6 heteroatoms. The topological polar surface area (TPSA) is 87.9 Å².